The Morgan fingerprint density at radius 3 is 2.88 bits per heavy atom. The second-order valence-corrected chi connectivity index (χ2v) is 5.56. The Kier molecular flexibility index (Phi) is 4.57. The van der Waals surface area contributed by atoms with Crippen LogP contribution in [0.1, 0.15) is 50.6 Å². The van der Waals surface area contributed by atoms with Crippen molar-refractivity contribution in [3.05, 3.63) is 35.2 Å². The van der Waals surface area contributed by atoms with Crippen molar-refractivity contribution >= 4 is 21.4 Å². The summed E-state index contributed by atoms with van der Waals surface area (Å²) in [5.41, 5.74) is 7.64. The van der Waals surface area contributed by atoms with Crippen LogP contribution >= 0.6 is 11.3 Å². The summed E-state index contributed by atoms with van der Waals surface area (Å²) >= 11 is 1.81. The normalized spacial score (nSPS) is 13.1. The molecular formula is C15H21NS. The van der Waals surface area contributed by atoms with Gasteiger partial charge in [0.2, 0.25) is 0 Å². The lowest BCUT2D eigenvalue weighted by Crippen LogP contribution is -2.10. The maximum atomic E-state index is 6.31. The van der Waals surface area contributed by atoms with E-state index < -0.39 is 0 Å². The van der Waals surface area contributed by atoms with E-state index in [9.17, 15) is 0 Å². The van der Waals surface area contributed by atoms with Crippen LogP contribution in [-0.2, 0) is 0 Å². The van der Waals surface area contributed by atoms with E-state index in [1.54, 1.807) is 11.3 Å². The zero-order valence-electron chi connectivity index (χ0n) is 10.5. The lowest BCUT2D eigenvalue weighted by Gasteiger charge is -2.12. The first kappa shape index (κ1) is 12.6. The van der Waals surface area contributed by atoms with Gasteiger partial charge in [-0.25, -0.2) is 0 Å². The molecular weight excluding hydrogens is 226 g/mol. The number of thiophene rings is 1. The number of benzene rings is 1. The van der Waals surface area contributed by atoms with Crippen molar-refractivity contribution in [1.29, 1.82) is 0 Å². The van der Waals surface area contributed by atoms with Crippen molar-refractivity contribution in [3.63, 3.8) is 0 Å². The summed E-state index contributed by atoms with van der Waals surface area (Å²) < 4.78 is 1.37. The molecule has 0 saturated heterocycles. The van der Waals surface area contributed by atoms with E-state index in [1.807, 2.05) is 0 Å². The van der Waals surface area contributed by atoms with Crippen molar-refractivity contribution in [1.82, 2.24) is 0 Å². The van der Waals surface area contributed by atoms with Gasteiger partial charge in [0, 0.05) is 10.7 Å². The van der Waals surface area contributed by atoms with E-state index in [4.69, 9.17) is 5.73 Å². The third-order valence-electron chi connectivity index (χ3n) is 3.28. The fourth-order valence-electron chi connectivity index (χ4n) is 2.25. The number of nitrogens with two attached hydrogens (primary N) is 1. The first-order chi connectivity index (χ1) is 8.33. The van der Waals surface area contributed by atoms with Crippen LogP contribution in [-0.4, -0.2) is 0 Å². The molecule has 2 rings (SSSR count). The summed E-state index contributed by atoms with van der Waals surface area (Å²) in [6, 6.07) is 8.85. The Bertz CT molecular complexity index is 461. The lowest BCUT2D eigenvalue weighted by molar-refractivity contribution is 0.568. The number of fused-ring (bicyclic) bond motifs is 1. The predicted molar refractivity (Wildman–Crippen MR) is 77.5 cm³/mol. The highest BCUT2D eigenvalue weighted by atomic mass is 32.1. The molecule has 0 bridgehead atoms. The summed E-state index contributed by atoms with van der Waals surface area (Å²) in [7, 11) is 0. The summed E-state index contributed by atoms with van der Waals surface area (Å²) in [5, 5.41) is 3.48. The maximum Gasteiger partial charge on any atom is 0.0390 e. The van der Waals surface area contributed by atoms with Crippen LogP contribution in [0.15, 0.2) is 29.6 Å². The molecule has 0 aliphatic carbocycles. The smallest absolute Gasteiger partial charge is 0.0390 e. The molecule has 2 heteroatoms. The number of hydrogen-bond donors (Lipinski definition) is 1. The maximum absolute atomic E-state index is 6.31. The highest BCUT2D eigenvalue weighted by Crippen LogP contribution is 2.30. The van der Waals surface area contributed by atoms with E-state index >= 15 is 0 Å². The monoisotopic (exact) mass is 247 g/mol. The first-order valence-electron chi connectivity index (χ1n) is 6.54. The Labute approximate surface area is 108 Å². The van der Waals surface area contributed by atoms with Gasteiger partial charge in [-0.1, -0.05) is 50.8 Å². The van der Waals surface area contributed by atoms with Gasteiger partial charge < -0.3 is 5.73 Å². The van der Waals surface area contributed by atoms with Crippen molar-refractivity contribution in [2.24, 2.45) is 5.73 Å². The molecule has 2 N–H and O–H groups in total. The van der Waals surface area contributed by atoms with Crippen LogP contribution in [0.4, 0.5) is 0 Å². The zero-order chi connectivity index (χ0) is 12.1. The lowest BCUT2D eigenvalue weighted by atomic mass is 10.00. The van der Waals surface area contributed by atoms with Crippen LogP contribution in [0.25, 0.3) is 10.1 Å². The van der Waals surface area contributed by atoms with Gasteiger partial charge in [0.15, 0.2) is 0 Å². The average Bonchev–Trinajstić information content (AvgIpc) is 2.82. The topological polar surface area (TPSA) is 26.0 Å². The van der Waals surface area contributed by atoms with Gasteiger partial charge in [0.1, 0.15) is 0 Å². The third-order valence-corrected chi connectivity index (χ3v) is 4.26. The highest BCUT2D eigenvalue weighted by Gasteiger charge is 2.10. The standard InChI is InChI=1S/C15H21NS/c1-2-3-4-5-9-14(16)13-8-6-7-12-10-11-17-15(12)13/h6-8,10-11,14H,2-5,9,16H2,1H3. The van der Waals surface area contributed by atoms with E-state index in [1.165, 1.54) is 41.3 Å². The minimum atomic E-state index is 0.203. The fourth-order valence-corrected chi connectivity index (χ4v) is 3.23. The molecule has 1 unspecified atom stereocenters. The average molecular weight is 247 g/mol. The van der Waals surface area contributed by atoms with Crippen LogP contribution in [0.3, 0.4) is 0 Å². The van der Waals surface area contributed by atoms with Gasteiger partial charge in [-0.3, -0.25) is 0 Å². The van der Waals surface area contributed by atoms with E-state index in [-0.39, 0.29) is 6.04 Å². The van der Waals surface area contributed by atoms with Crippen LogP contribution in [0.5, 0.6) is 0 Å². The minimum absolute atomic E-state index is 0.203. The molecule has 1 heterocycles. The second kappa shape index (κ2) is 6.18. The van der Waals surface area contributed by atoms with Gasteiger partial charge in [0.25, 0.3) is 0 Å². The summed E-state index contributed by atoms with van der Waals surface area (Å²) in [4.78, 5) is 0. The molecule has 92 valence electrons. The van der Waals surface area contributed by atoms with Crippen LogP contribution in [0, 0.1) is 0 Å². The summed E-state index contributed by atoms with van der Waals surface area (Å²) in [6.45, 7) is 2.24. The number of unbranched alkanes of at least 4 members (excludes halogenated alkanes) is 3. The third kappa shape index (κ3) is 3.08. The molecule has 2 aromatic rings. The SMILES string of the molecule is CCCCCCC(N)c1cccc2ccsc12. The van der Waals surface area contributed by atoms with Gasteiger partial charge in [-0.15, -0.1) is 11.3 Å². The highest BCUT2D eigenvalue weighted by molar-refractivity contribution is 7.17. The molecule has 1 nitrogen and oxygen atoms in total. The molecule has 1 aromatic heterocycles. The Morgan fingerprint density at radius 2 is 2.06 bits per heavy atom. The van der Waals surface area contributed by atoms with Gasteiger partial charge in [0.05, 0.1) is 0 Å². The molecule has 0 radical (unpaired) electrons. The van der Waals surface area contributed by atoms with Crippen molar-refractivity contribution in [2.75, 3.05) is 0 Å². The second-order valence-electron chi connectivity index (χ2n) is 4.64. The van der Waals surface area contributed by atoms with E-state index in [2.05, 4.69) is 36.6 Å². The van der Waals surface area contributed by atoms with Crippen molar-refractivity contribution < 1.29 is 0 Å². The molecule has 0 amide bonds. The molecule has 0 spiro atoms. The first-order valence-corrected chi connectivity index (χ1v) is 7.42. The molecule has 0 saturated carbocycles. The molecule has 1 aromatic carbocycles. The largest absolute Gasteiger partial charge is 0.324 e. The van der Waals surface area contributed by atoms with Crippen molar-refractivity contribution in [3.8, 4) is 0 Å². The van der Waals surface area contributed by atoms with Gasteiger partial charge in [-0.05, 0) is 28.8 Å². The molecule has 0 aliphatic heterocycles. The van der Waals surface area contributed by atoms with Crippen LogP contribution < -0.4 is 5.73 Å². The Hall–Kier alpha value is -0.860. The zero-order valence-corrected chi connectivity index (χ0v) is 11.3. The van der Waals surface area contributed by atoms with Crippen molar-refractivity contribution in [2.45, 2.75) is 45.1 Å². The Morgan fingerprint density at radius 1 is 1.18 bits per heavy atom. The van der Waals surface area contributed by atoms with Gasteiger partial charge >= 0.3 is 0 Å². The quantitative estimate of drug-likeness (QED) is 0.724. The summed E-state index contributed by atoms with van der Waals surface area (Å²) in [5.74, 6) is 0. The molecule has 17 heavy (non-hydrogen) atoms. The van der Waals surface area contributed by atoms with E-state index in [0.717, 1.165) is 6.42 Å². The molecule has 1 atom stereocenters. The van der Waals surface area contributed by atoms with Gasteiger partial charge in [-0.2, -0.15) is 0 Å². The number of rotatable bonds is 6. The summed E-state index contributed by atoms with van der Waals surface area (Å²) in [6.07, 6.45) is 6.28. The Balaban J connectivity index is 2.03. The number of hydrogen-bond acceptors (Lipinski definition) is 2. The fraction of sp³-hybridized carbons (Fsp3) is 0.467. The molecule has 0 aliphatic rings. The predicted octanol–water partition coefficient (Wildman–Crippen LogP) is 4.87. The van der Waals surface area contributed by atoms with Crippen LogP contribution in [0.2, 0.25) is 0 Å². The molecule has 0 fully saturated rings. The minimum Gasteiger partial charge on any atom is -0.324 e. The van der Waals surface area contributed by atoms with E-state index in [0.29, 0.717) is 0 Å².